The molecule has 0 aromatic carbocycles. The van der Waals surface area contributed by atoms with Crippen molar-refractivity contribution in [2.75, 3.05) is 6.61 Å². The van der Waals surface area contributed by atoms with E-state index >= 15 is 0 Å². The molecule has 3 aromatic heterocycles. The summed E-state index contributed by atoms with van der Waals surface area (Å²) in [5, 5.41) is 8.16. The molecular formula is C18H17F3N4O2S. The van der Waals surface area contributed by atoms with Gasteiger partial charge in [-0.25, -0.2) is 4.98 Å². The molecule has 10 heteroatoms. The van der Waals surface area contributed by atoms with Crippen molar-refractivity contribution < 1.29 is 17.9 Å². The van der Waals surface area contributed by atoms with Crippen LogP contribution < -0.4 is 10.3 Å². The van der Waals surface area contributed by atoms with Crippen molar-refractivity contribution in [1.82, 2.24) is 19.7 Å². The fourth-order valence-electron chi connectivity index (χ4n) is 3.32. The van der Waals surface area contributed by atoms with Crippen LogP contribution >= 0.6 is 11.3 Å². The minimum atomic E-state index is -4.44. The number of fused-ring (bicyclic) bond motifs is 3. The number of hydrogen-bond acceptors (Lipinski definition) is 6. The smallest absolute Gasteiger partial charge is 0.422 e. The average molecular weight is 410 g/mol. The van der Waals surface area contributed by atoms with Gasteiger partial charge >= 0.3 is 6.18 Å². The van der Waals surface area contributed by atoms with Crippen LogP contribution in [0.4, 0.5) is 13.2 Å². The van der Waals surface area contributed by atoms with E-state index in [-0.39, 0.29) is 18.0 Å². The molecule has 0 bridgehead atoms. The van der Waals surface area contributed by atoms with Gasteiger partial charge in [0.25, 0.3) is 5.56 Å². The zero-order valence-electron chi connectivity index (χ0n) is 15.0. The number of halogens is 3. The molecule has 4 rings (SSSR count). The first-order valence-corrected chi connectivity index (χ1v) is 9.63. The van der Waals surface area contributed by atoms with E-state index in [1.54, 1.807) is 11.3 Å². The number of alkyl halides is 3. The van der Waals surface area contributed by atoms with Gasteiger partial charge in [0.15, 0.2) is 6.61 Å². The van der Waals surface area contributed by atoms with E-state index in [2.05, 4.69) is 26.8 Å². The van der Waals surface area contributed by atoms with Crippen LogP contribution in [-0.2, 0) is 19.4 Å². The summed E-state index contributed by atoms with van der Waals surface area (Å²) in [4.78, 5) is 19.4. The van der Waals surface area contributed by atoms with Gasteiger partial charge in [-0.3, -0.25) is 9.36 Å². The second-order valence-electron chi connectivity index (χ2n) is 6.98. The summed E-state index contributed by atoms with van der Waals surface area (Å²) in [6, 6.07) is 2.79. The van der Waals surface area contributed by atoms with Crippen LogP contribution in [0.15, 0.2) is 23.3 Å². The monoisotopic (exact) mass is 410 g/mol. The van der Waals surface area contributed by atoms with Crippen LogP contribution in [0.1, 0.15) is 29.5 Å². The lowest BCUT2D eigenvalue weighted by molar-refractivity contribution is -0.154. The summed E-state index contributed by atoms with van der Waals surface area (Å²) in [6.07, 6.45) is -0.0564. The Morgan fingerprint density at radius 1 is 1.32 bits per heavy atom. The van der Waals surface area contributed by atoms with Gasteiger partial charge in [0.1, 0.15) is 4.83 Å². The Hall–Kier alpha value is -2.49. The normalized spacial score (nSPS) is 16.9. The largest absolute Gasteiger partial charge is 0.467 e. The molecule has 0 fully saturated rings. The Morgan fingerprint density at radius 3 is 2.86 bits per heavy atom. The second-order valence-corrected chi connectivity index (χ2v) is 8.06. The van der Waals surface area contributed by atoms with Crippen molar-refractivity contribution in [2.24, 2.45) is 5.92 Å². The van der Waals surface area contributed by atoms with Gasteiger partial charge in [0.2, 0.25) is 5.88 Å². The Labute approximate surface area is 162 Å². The third kappa shape index (κ3) is 3.87. The fourth-order valence-corrected chi connectivity index (χ4v) is 4.66. The Balaban J connectivity index is 1.57. The highest BCUT2D eigenvalue weighted by Gasteiger charge is 2.28. The van der Waals surface area contributed by atoms with Crippen LogP contribution in [0.2, 0.25) is 0 Å². The summed E-state index contributed by atoms with van der Waals surface area (Å²) in [6.45, 7) is 0.915. The molecule has 148 valence electrons. The first kappa shape index (κ1) is 18.9. The number of thiophene rings is 1. The van der Waals surface area contributed by atoms with Crippen molar-refractivity contribution in [3.05, 3.63) is 44.9 Å². The number of ether oxygens (including phenoxy) is 1. The van der Waals surface area contributed by atoms with Crippen LogP contribution in [0, 0.1) is 5.92 Å². The molecule has 0 N–H and O–H groups in total. The van der Waals surface area contributed by atoms with Crippen LogP contribution in [-0.4, -0.2) is 32.5 Å². The number of nitrogens with zero attached hydrogens (tertiary/aromatic N) is 4. The lowest BCUT2D eigenvalue weighted by Gasteiger charge is -2.17. The molecule has 3 aromatic rings. The molecule has 0 aliphatic heterocycles. The number of aromatic nitrogens is 4. The summed E-state index contributed by atoms with van der Waals surface area (Å²) < 4.78 is 42.5. The standard InChI is InChI=1S/C18H17F3N4O2S/c1-10-2-4-12-13(6-10)28-16-15(12)17(26)25(9-22-16)7-11-3-5-14(24-23-11)27-8-18(19,20)21/h3,5,9-10H,2,4,6-8H2,1H3. The van der Waals surface area contributed by atoms with Crippen molar-refractivity contribution in [2.45, 2.75) is 38.9 Å². The molecule has 6 nitrogen and oxygen atoms in total. The van der Waals surface area contributed by atoms with E-state index < -0.39 is 12.8 Å². The van der Waals surface area contributed by atoms with Crippen molar-refractivity contribution in [1.29, 1.82) is 0 Å². The van der Waals surface area contributed by atoms with Gasteiger partial charge in [-0.1, -0.05) is 6.92 Å². The maximum absolute atomic E-state index is 13.0. The molecule has 0 saturated carbocycles. The van der Waals surface area contributed by atoms with Crippen LogP contribution in [0.5, 0.6) is 5.88 Å². The lowest BCUT2D eigenvalue weighted by atomic mass is 9.89. The quantitative estimate of drug-likeness (QED) is 0.660. The zero-order chi connectivity index (χ0) is 19.9. The average Bonchev–Trinajstić information content (AvgIpc) is 3.01. The lowest BCUT2D eigenvalue weighted by Crippen LogP contribution is -2.23. The zero-order valence-corrected chi connectivity index (χ0v) is 15.8. The van der Waals surface area contributed by atoms with Gasteiger partial charge in [-0.15, -0.1) is 21.5 Å². The van der Waals surface area contributed by atoms with Crippen LogP contribution in [0.25, 0.3) is 10.2 Å². The number of hydrogen-bond donors (Lipinski definition) is 0. The predicted molar refractivity (Wildman–Crippen MR) is 97.8 cm³/mol. The maximum atomic E-state index is 13.0. The maximum Gasteiger partial charge on any atom is 0.422 e. The minimum Gasteiger partial charge on any atom is -0.467 e. The molecule has 1 atom stereocenters. The summed E-state index contributed by atoms with van der Waals surface area (Å²) >= 11 is 1.58. The molecule has 28 heavy (non-hydrogen) atoms. The molecule has 3 heterocycles. The van der Waals surface area contributed by atoms with Gasteiger partial charge in [0, 0.05) is 10.9 Å². The van der Waals surface area contributed by atoms with E-state index in [1.165, 1.54) is 27.9 Å². The van der Waals surface area contributed by atoms with Crippen molar-refractivity contribution >= 4 is 21.6 Å². The molecular weight excluding hydrogens is 393 g/mol. The molecule has 0 saturated heterocycles. The van der Waals surface area contributed by atoms with E-state index in [0.717, 1.165) is 29.7 Å². The highest BCUT2D eigenvalue weighted by Crippen LogP contribution is 2.35. The first-order chi connectivity index (χ1) is 13.3. The molecule has 0 amide bonds. The highest BCUT2D eigenvalue weighted by molar-refractivity contribution is 7.18. The van der Waals surface area contributed by atoms with Crippen molar-refractivity contribution in [3.8, 4) is 5.88 Å². The predicted octanol–water partition coefficient (Wildman–Crippen LogP) is 3.36. The van der Waals surface area contributed by atoms with Gasteiger partial charge in [-0.2, -0.15) is 13.2 Å². The summed E-state index contributed by atoms with van der Waals surface area (Å²) in [7, 11) is 0. The van der Waals surface area contributed by atoms with Gasteiger partial charge in [0.05, 0.1) is 24.0 Å². The SMILES string of the molecule is CC1CCc2c(sc3ncn(Cc4ccc(OCC(F)(F)F)nn4)c(=O)c23)C1. The Bertz CT molecular complexity index is 1060. The highest BCUT2D eigenvalue weighted by atomic mass is 32.1. The first-order valence-electron chi connectivity index (χ1n) is 8.82. The van der Waals surface area contributed by atoms with Gasteiger partial charge < -0.3 is 4.74 Å². The molecule has 0 spiro atoms. The van der Waals surface area contributed by atoms with E-state index in [4.69, 9.17) is 0 Å². The summed E-state index contributed by atoms with van der Waals surface area (Å²) in [5.41, 5.74) is 1.41. The number of rotatable bonds is 4. The molecule has 1 unspecified atom stereocenters. The number of aryl methyl sites for hydroxylation is 1. The van der Waals surface area contributed by atoms with E-state index in [9.17, 15) is 18.0 Å². The van der Waals surface area contributed by atoms with E-state index in [0.29, 0.717) is 17.0 Å². The van der Waals surface area contributed by atoms with Crippen molar-refractivity contribution in [3.63, 3.8) is 0 Å². The molecule has 0 radical (unpaired) electrons. The van der Waals surface area contributed by atoms with Gasteiger partial charge in [-0.05, 0) is 36.8 Å². The Kier molecular flexibility index (Phi) is 4.82. The third-order valence-corrected chi connectivity index (χ3v) is 5.86. The molecule has 1 aliphatic rings. The van der Waals surface area contributed by atoms with Crippen LogP contribution in [0.3, 0.4) is 0 Å². The minimum absolute atomic E-state index is 0.128. The summed E-state index contributed by atoms with van der Waals surface area (Å²) in [5.74, 6) is 0.388. The van der Waals surface area contributed by atoms with E-state index in [1.807, 2.05) is 0 Å². The second kappa shape index (κ2) is 7.16. The molecule has 1 aliphatic carbocycles. The fraction of sp³-hybridized carbons (Fsp3) is 0.444. The third-order valence-electron chi connectivity index (χ3n) is 4.69. The topological polar surface area (TPSA) is 69.9 Å². The Morgan fingerprint density at radius 2 is 2.14 bits per heavy atom.